The van der Waals surface area contributed by atoms with E-state index in [-0.39, 0.29) is 0 Å². The van der Waals surface area contributed by atoms with Gasteiger partial charge in [-0.25, -0.2) is 0 Å². The Morgan fingerprint density at radius 3 is 1.63 bits per heavy atom. The summed E-state index contributed by atoms with van der Waals surface area (Å²) in [6, 6.07) is 0. The van der Waals surface area contributed by atoms with E-state index >= 15 is 0 Å². The van der Waals surface area contributed by atoms with Crippen LogP contribution in [0.2, 0.25) is 0 Å². The predicted molar refractivity (Wildman–Crippen MR) is 89.7 cm³/mol. The van der Waals surface area contributed by atoms with Crippen LogP contribution >= 0.6 is 0 Å². The minimum Gasteiger partial charge on any atom is -0.0885 e. The molecule has 0 atom stereocenters. The Balaban J connectivity index is 3.02. The fourth-order valence-electron chi connectivity index (χ4n) is 2.41. The fraction of sp³-hybridized carbons (Fsp3) is 0.895. The van der Waals surface area contributed by atoms with E-state index in [9.17, 15) is 0 Å². The first-order valence-electron chi connectivity index (χ1n) is 8.92. The zero-order valence-corrected chi connectivity index (χ0v) is 13.9. The third kappa shape index (κ3) is 17.7. The minimum atomic E-state index is 0.849. The fourth-order valence-corrected chi connectivity index (χ4v) is 2.41. The SMILES string of the molecule is CCCCCCCCCCCCC=CCCC(C)C. The topological polar surface area (TPSA) is 0 Å². The van der Waals surface area contributed by atoms with Crippen molar-refractivity contribution in [2.24, 2.45) is 5.92 Å². The summed E-state index contributed by atoms with van der Waals surface area (Å²) in [6.07, 6.45) is 23.1. The van der Waals surface area contributed by atoms with E-state index in [1.54, 1.807) is 0 Å². The maximum absolute atomic E-state index is 2.40. The molecule has 0 heterocycles. The van der Waals surface area contributed by atoms with Crippen LogP contribution < -0.4 is 0 Å². The quantitative estimate of drug-likeness (QED) is 0.229. The molecule has 0 aliphatic carbocycles. The highest BCUT2D eigenvalue weighted by Gasteiger charge is 1.92. The molecule has 0 bridgehead atoms. The van der Waals surface area contributed by atoms with Gasteiger partial charge in [0.2, 0.25) is 0 Å². The second-order valence-electron chi connectivity index (χ2n) is 6.41. The van der Waals surface area contributed by atoms with Crippen LogP contribution in [0.15, 0.2) is 12.2 Å². The van der Waals surface area contributed by atoms with Crippen LogP contribution in [-0.4, -0.2) is 0 Å². The van der Waals surface area contributed by atoms with Gasteiger partial charge in [0.15, 0.2) is 0 Å². The van der Waals surface area contributed by atoms with Crippen LogP contribution in [0.1, 0.15) is 104 Å². The van der Waals surface area contributed by atoms with Crippen molar-refractivity contribution in [2.75, 3.05) is 0 Å². The number of allylic oxidation sites excluding steroid dienone is 2. The third-order valence-corrected chi connectivity index (χ3v) is 3.80. The minimum absolute atomic E-state index is 0.849. The van der Waals surface area contributed by atoms with E-state index < -0.39 is 0 Å². The Morgan fingerprint density at radius 1 is 0.632 bits per heavy atom. The maximum Gasteiger partial charge on any atom is -0.0348 e. The maximum atomic E-state index is 2.40. The molecule has 0 rings (SSSR count). The smallest absolute Gasteiger partial charge is 0.0348 e. The summed E-state index contributed by atoms with van der Waals surface area (Å²) < 4.78 is 0. The highest BCUT2D eigenvalue weighted by Crippen LogP contribution is 2.11. The van der Waals surface area contributed by atoms with E-state index in [4.69, 9.17) is 0 Å². The van der Waals surface area contributed by atoms with Crippen molar-refractivity contribution >= 4 is 0 Å². The molecule has 114 valence electrons. The number of rotatable bonds is 14. The van der Waals surface area contributed by atoms with Gasteiger partial charge in [0.25, 0.3) is 0 Å². The van der Waals surface area contributed by atoms with E-state index in [0.717, 1.165) is 5.92 Å². The van der Waals surface area contributed by atoms with Crippen molar-refractivity contribution < 1.29 is 0 Å². The van der Waals surface area contributed by atoms with Crippen molar-refractivity contribution in [3.05, 3.63) is 12.2 Å². The van der Waals surface area contributed by atoms with Crippen LogP contribution in [0.5, 0.6) is 0 Å². The average Bonchev–Trinajstić information content (AvgIpc) is 2.39. The van der Waals surface area contributed by atoms with Gasteiger partial charge < -0.3 is 0 Å². The van der Waals surface area contributed by atoms with Gasteiger partial charge in [-0.2, -0.15) is 0 Å². The Bertz CT molecular complexity index is 178. The Kier molecular flexibility index (Phi) is 15.6. The molecule has 0 aromatic rings. The highest BCUT2D eigenvalue weighted by atomic mass is 14.0. The lowest BCUT2D eigenvalue weighted by atomic mass is 10.1. The van der Waals surface area contributed by atoms with Crippen LogP contribution in [0.3, 0.4) is 0 Å². The Labute approximate surface area is 123 Å². The van der Waals surface area contributed by atoms with Crippen LogP contribution in [0, 0.1) is 5.92 Å². The second-order valence-corrected chi connectivity index (χ2v) is 6.41. The molecule has 0 N–H and O–H groups in total. The molecule has 0 aromatic carbocycles. The van der Waals surface area contributed by atoms with Gasteiger partial charge in [-0.3, -0.25) is 0 Å². The first-order chi connectivity index (χ1) is 9.27. The Hall–Kier alpha value is -0.260. The molecule has 0 aliphatic rings. The molecule has 0 radical (unpaired) electrons. The zero-order chi connectivity index (χ0) is 14.2. The Morgan fingerprint density at radius 2 is 1.11 bits per heavy atom. The van der Waals surface area contributed by atoms with Crippen molar-refractivity contribution in [1.82, 2.24) is 0 Å². The monoisotopic (exact) mass is 266 g/mol. The molecule has 0 saturated heterocycles. The second kappa shape index (κ2) is 15.8. The standard InChI is InChI=1S/C19H38/c1-4-5-6-7-8-9-10-11-12-13-14-15-16-17-18-19(2)3/h15-16,19H,4-14,17-18H2,1-3H3. The molecule has 0 spiro atoms. The van der Waals surface area contributed by atoms with Crippen molar-refractivity contribution in [3.8, 4) is 0 Å². The first kappa shape index (κ1) is 18.7. The first-order valence-corrected chi connectivity index (χ1v) is 8.92. The van der Waals surface area contributed by atoms with E-state index in [1.165, 1.54) is 83.5 Å². The third-order valence-electron chi connectivity index (χ3n) is 3.80. The lowest BCUT2D eigenvalue weighted by Gasteiger charge is -2.01. The molecule has 0 fully saturated rings. The summed E-state index contributed by atoms with van der Waals surface area (Å²) in [5.74, 6) is 0.849. The summed E-state index contributed by atoms with van der Waals surface area (Å²) in [5.41, 5.74) is 0. The van der Waals surface area contributed by atoms with Gasteiger partial charge in [0.1, 0.15) is 0 Å². The normalized spacial score (nSPS) is 11.8. The van der Waals surface area contributed by atoms with Gasteiger partial charge in [0.05, 0.1) is 0 Å². The molecule has 0 unspecified atom stereocenters. The van der Waals surface area contributed by atoms with Crippen molar-refractivity contribution in [1.29, 1.82) is 0 Å². The summed E-state index contributed by atoms with van der Waals surface area (Å²) in [4.78, 5) is 0. The summed E-state index contributed by atoms with van der Waals surface area (Å²) in [7, 11) is 0. The highest BCUT2D eigenvalue weighted by molar-refractivity contribution is 4.81. The van der Waals surface area contributed by atoms with Crippen molar-refractivity contribution in [2.45, 2.75) is 104 Å². The molecule has 19 heavy (non-hydrogen) atoms. The van der Waals surface area contributed by atoms with Gasteiger partial charge in [-0.15, -0.1) is 0 Å². The summed E-state index contributed by atoms with van der Waals surface area (Å²) >= 11 is 0. The van der Waals surface area contributed by atoms with Gasteiger partial charge >= 0.3 is 0 Å². The van der Waals surface area contributed by atoms with Crippen LogP contribution in [0.4, 0.5) is 0 Å². The van der Waals surface area contributed by atoms with Gasteiger partial charge in [0, 0.05) is 0 Å². The molecular formula is C19H38. The summed E-state index contributed by atoms with van der Waals surface area (Å²) in [6.45, 7) is 6.89. The lowest BCUT2D eigenvalue weighted by molar-refractivity contribution is 0.557. The van der Waals surface area contributed by atoms with E-state index in [0.29, 0.717) is 0 Å². The zero-order valence-electron chi connectivity index (χ0n) is 13.9. The number of hydrogen-bond donors (Lipinski definition) is 0. The van der Waals surface area contributed by atoms with Crippen LogP contribution in [0.25, 0.3) is 0 Å². The molecule has 0 aliphatic heterocycles. The average molecular weight is 267 g/mol. The van der Waals surface area contributed by atoms with E-state index in [2.05, 4.69) is 32.9 Å². The van der Waals surface area contributed by atoms with Gasteiger partial charge in [-0.05, 0) is 31.6 Å². The molecule has 0 saturated carbocycles. The number of unbranched alkanes of at least 4 members (excludes halogenated alkanes) is 10. The summed E-state index contributed by atoms with van der Waals surface area (Å²) in [5, 5.41) is 0. The molecule has 0 amide bonds. The predicted octanol–water partition coefficient (Wildman–Crippen LogP) is 7.29. The molecule has 0 aromatic heterocycles. The van der Waals surface area contributed by atoms with Crippen LogP contribution in [-0.2, 0) is 0 Å². The van der Waals surface area contributed by atoms with Gasteiger partial charge in [-0.1, -0.05) is 90.7 Å². The molecule has 0 heteroatoms. The van der Waals surface area contributed by atoms with Crippen molar-refractivity contribution in [3.63, 3.8) is 0 Å². The molecule has 0 nitrogen and oxygen atoms in total. The van der Waals surface area contributed by atoms with E-state index in [1.807, 2.05) is 0 Å². The lowest BCUT2D eigenvalue weighted by Crippen LogP contribution is -1.83. The number of hydrogen-bond acceptors (Lipinski definition) is 0. The molecular weight excluding hydrogens is 228 g/mol. The largest absolute Gasteiger partial charge is 0.0885 e.